The number of hydrogen-bond acceptors (Lipinski definition) is 9. The third-order valence-electron chi connectivity index (χ3n) is 6.45. The minimum Gasteiger partial charge on any atom is -0.444 e. The Balaban J connectivity index is 1.34. The minimum absolute atomic E-state index is 0.0723. The normalized spacial score (nSPS) is 13.2. The highest BCUT2D eigenvalue weighted by molar-refractivity contribution is 6.00. The van der Waals surface area contributed by atoms with Crippen molar-refractivity contribution in [3.05, 3.63) is 97.5 Å². The summed E-state index contributed by atoms with van der Waals surface area (Å²) in [4.78, 5) is 38.0. The summed E-state index contributed by atoms with van der Waals surface area (Å²) in [5, 5.41) is 10.3. The van der Waals surface area contributed by atoms with Crippen LogP contribution in [0.2, 0.25) is 0 Å². The maximum atomic E-state index is 13.5. The largest absolute Gasteiger partial charge is 0.444 e. The molecule has 216 valence electrons. The Morgan fingerprint density at radius 3 is 2.69 bits per heavy atom. The van der Waals surface area contributed by atoms with Crippen molar-refractivity contribution in [3.63, 3.8) is 0 Å². The molecule has 0 saturated carbocycles. The number of ether oxygens (including phenoxy) is 2. The smallest absolute Gasteiger partial charge is 0.420 e. The fraction of sp³-hybridized carbons (Fsp3) is 0.233. The summed E-state index contributed by atoms with van der Waals surface area (Å²) in [7, 11) is 0. The number of benzene rings is 2. The molecule has 0 aliphatic carbocycles. The third kappa shape index (κ3) is 7.77. The maximum absolute atomic E-state index is 13.5. The summed E-state index contributed by atoms with van der Waals surface area (Å²) in [6, 6.07) is 17.8. The van der Waals surface area contributed by atoms with Gasteiger partial charge in [-0.15, -0.1) is 0 Å². The monoisotopic (exact) mass is 568 g/mol. The van der Waals surface area contributed by atoms with Crippen LogP contribution in [0.15, 0.2) is 91.9 Å². The number of anilines is 5. The Morgan fingerprint density at radius 2 is 1.88 bits per heavy atom. The number of hydrogen-bond donors (Lipinski definition) is 2. The average Bonchev–Trinajstić information content (AvgIpc) is 3.47. The molecule has 3 heterocycles. The fourth-order valence-corrected chi connectivity index (χ4v) is 4.31. The van der Waals surface area contributed by atoms with Crippen molar-refractivity contribution in [3.8, 4) is 0 Å². The molecule has 2 aromatic heterocycles. The van der Waals surface area contributed by atoms with Crippen molar-refractivity contribution in [1.82, 2.24) is 24.6 Å². The molecule has 2 aromatic carbocycles. The molecule has 5 rings (SSSR count). The molecule has 1 saturated heterocycles. The molecule has 12 nitrogen and oxygen atoms in total. The van der Waals surface area contributed by atoms with Gasteiger partial charge in [-0.1, -0.05) is 43.0 Å². The van der Waals surface area contributed by atoms with Gasteiger partial charge in [0.25, 0.3) is 0 Å². The van der Waals surface area contributed by atoms with Crippen LogP contribution in [0.5, 0.6) is 0 Å². The predicted octanol–water partition coefficient (Wildman–Crippen LogP) is 4.35. The first-order valence-electron chi connectivity index (χ1n) is 13.5. The van der Waals surface area contributed by atoms with E-state index < -0.39 is 6.09 Å². The number of amides is 2. The Labute approximate surface area is 243 Å². The van der Waals surface area contributed by atoms with Gasteiger partial charge >= 0.3 is 6.09 Å². The number of aromatic nitrogens is 4. The van der Waals surface area contributed by atoms with Crippen LogP contribution in [0, 0.1) is 0 Å². The molecule has 0 radical (unpaired) electrons. The highest BCUT2D eigenvalue weighted by atomic mass is 16.6. The number of carbonyl (C=O) groups excluding carboxylic acids is 2. The van der Waals surface area contributed by atoms with E-state index in [1.54, 1.807) is 42.7 Å². The van der Waals surface area contributed by atoms with Crippen LogP contribution in [-0.2, 0) is 27.4 Å². The molecule has 0 spiro atoms. The van der Waals surface area contributed by atoms with Crippen LogP contribution in [-0.4, -0.2) is 69.5 Å². The Bertz CT molecular complexity index is 1500. The lowest BCUT2D eigenvalue weighted by Gasteiger charge is -2.26. The molecule has 0 bridgehead atoms. The van der Waals surface area contributed by atoms with Gasteiger partial charge in [-0.2, -0.15) is 10.1 Å². The lowest BCUT2D eigenvalue weighted by molar-refractivity contribution is -0.111. The standard InChI is InChI=1S/C30H32N8O4/c1-2-28(39)33-24-9-6-10-26(19-24)38(30(40)42-22-23-7-4-3-5-8-23)27-11-12-31-29(35-27)34-25-20-32-37(21-25)14-13-36-15-17-41-18-16-36/h2-12,19-21H,1,13-18,22H2,(H,33,39)(H,31,34,35). The second kappa shape index (κ2) is 14.0. The zero-order valence-electron chi connectivity index (χ0n) is 23.1. The number of rotatable bonds is 11. The SMILES string of the molecule is C=CC(=O)Nc1cccc(N(C(=O)OCc2ccccc2)c2ccnc(Nc3cnn(CCN4CCOCC4)c3)n2)c1. The van der Waals surface area contributed by atoms with E-state index in [1.807, 2.05) is 41.2 Å². The van der Waals surface area contributed by atoms with Crippen molar-refractivity contribution in [2.24, 2.45) is 0 Å². The lowest BCUT2D eigenvalue weighted by atomic mass is 10.2. The topological polar surface area (TPSA) is 127 Å². The molecule has 1 fully saturated rings. The van der Waals surface area contributed by atoms with Crippen LogP contribution in [0.3, 0.4) is 0 Å². The van der Waals surface area contributed by atoms with Crippen molar-refractivity contribution in [1.29, 1.82) is 0 Å². The van der Waals surface area contributed by atoms with Gasteiger partial charge in [-0.25, -0.2) is 14.7 Å². The van der Waals surface area contributed by atoms with Crippen molar-refractivity contribution in [2.75, 3.05) is 48.4 Å². The Kier molecular flexibility index (Phi) is 9.50. The summed E-state index contributed by atoms with van der Waals surface area (Å²) < 4.78 is 12.9. The van der Waals surface area contributed by atoms with Gasteiger partial charge in [0, 0.05) is 43.8 Å². The van der Waals surface area contributed by atoms with Crippen molar-refractivity contribution < 1.29 is 19.1 Å². The zero-order valence-corrected chi connectivity index (χ0v) is 23.1. The van der Waals surface area contributed by atoms with Gasteiger partial charge in [0.05, 0.1) is 37.3 Å². The lowest BCUT2D eigenvalue weighted by Crippen LogP contribution is -2.38. The summed E-state index contributed by atoms with van der Waals surface area (Å²) in [5.74, 6) is 0.180. The second-order valence-electron chi connectivity index (χ2n) is 9.43. The second-order valence-corrected chi connectivity index (χ2v) is 9.43. The first kappa shape index (κ1) is 28.5. The van der Waals surface area contributed by atoms with Gasteiger partial charge in [0.15, 0.2) is 0 Å². The van der Waals surface area contributed by atoms with E-state index in [0.29, 0.717) is 17.1 Å². The molecular formula is C30H32N8O4. The van der Waals surface area contributed by atoms with Gasteiger partial charge in [0.1, 0.15) is 12.4 Å². The molecule has 42 heavy (non-hydrogen) atoms. The summed E-state index contributed by atoms with van der Waals surface area (Å²) in [5.41, 5.74) is 2.47. The third-order valence-corrected chi connectivity index (χ3v) is 6.45. The first-order valence-corrected chi connectivity index (χ1v) is 13.5. The van der Waals surface area contributed by atoms with Gasteiger partial charge in [-0.3, -0.25) is 14.4 Å². The Hall–Kier alpha value is -5.07. The van der Waals surface area contributed by atoms with Crippen LogP contribution in [0.25, 0.3) is 0 Å². The minimum atomic E-state index is -0.647. The van der Waals surface area contributed by atoms with E-state index in [9.17, 15) is 9.59 Å². The number of nitrogens with one attached hydrogen (secondary N) is 2. The van der Waals surface area contributed by atoms with Crippen LogP contribution < -0.4 is 15.5 Å². The molecule has 0 atom stereocenters. The van der Waals surface area contributed by atoms with Crippen LogP contribution in [0.1, 0.15) is 5.56 Å². The molecule has 1 aliphatic heterocycles. The van der Waals surface area contributed by atoms with Gasteiger partial charge < -0.3 is 20.1 Å². The average molecular weight is 569 g/mol. The fourth-order valence-electron chi connectivity index (χ4n) is 4.31. The highest BCUT2D eigenvalue weighted by Crippen LogP contribution is 2.28. The summed E-state index contributed by atoms with van der Waals surface area (Å²) >= 11 is 0. The quantitative estimate of drug-likeness (QED) is 0.254. The van der Waals surface area contributed by atoms with E-state index in [4.69, 9.17) is 9.47 Å². The Morgan fingerprint density at radius 1 is 1.05 bits per heavy atom. The highest BCUT2D eigenvalue weighted by Gasteiger charge is 2.23. The van der Waals surface area contributed by atoms with Crippen molar-refractivity contribution in [2.45, 2.75) is 13.2 Å². The molecule has 12 heteroatoms. The van der Waals surface area contributed by atoms with Gasteiger partial charge in [-0.05, 0) is 29.8 Å². The van der Waals surface area contributed by atoms with E-state index in [1.165, 1.54) is 11.0 Å². The molecule has 0 unspecified atom stereocenters. The van der Waals surface area contributed by atoms with E-state index in [2.05, 4.69) is 37.2 Å². The summed E-state index contributed by atoms with van der Waals surface area (Å²) in [6.45, 7) is 8.52. The molecule has 2 N–H and O–H groups in total. The molecule has 2 amide bonds. The van der Waals surface area contributed by atoms with E-state index >= 15 is 0 Å². The number of carbonyl (C=O) groups is 2. The van der Waals surface area contributed by atoms with E-state index in [0.717, 1.165) is 45.0 Å². The zero-order chi connectivity index (χ0) is 29.1. The van der Waals surface area contributed by atoms with E-state index in [-0.39, 0.29) is 24.3 Å². The number of morpholine rings is 1. The predicted molar refractivity (Wildman–Crippen MR) is 159 cm³/mol. The molecular weight excluding hydrogens is 536 g/mol. The van der Waals surface area contributed by atoms with Crippen molar-refractivity contribution >= 4 is 40.8 Å². The van der Waals surface area contributed by atoms with Gasteiger partial charge in [0.2, 0.25) is 11.9 Å². The number of nitrogens with zero attached hydrogens (tertiary/aromatic N) is 6. The first-order chi connectivity index (χ1) is 20.6. The molecule has 1 aliphatic rings. The summed E-state index contributed by atoms with van der Waals surface area (Å²) in [6.07, 6.45) is 5.66. The van der Waals surface area contributed by atoms with Crippen LogP contribution in [0.4, 0.5) is 33.6 Å². The molecule has 4 aromatic rings. The van der Waals surface area contributed by atoms with Crippen LogP contribution >= 0.6 is 0 Å². The maximum Gasteiger partial charge on any atom is 0.420 e.